The predicted octanol–water partition coefficient (Wildman–Crippen LogP) is 2.32. The second-order valence-corrected chi connectivity index (χ2v) is 7.09. The molecule has 0 N–H and O–H groups in total. The van der Waals surface area contributed by atoms with E-state index in [9.17, 15) is 0 Å². The molecule has 0 rings (SSSR count). The van der Waals surface area contributed by atoms with Crippen LogP contribution >= 0.6 is 0 Å². The van der Waals surface area contributed by atoms with E-state index in [2.05, 4.69) is 6.92 Å². The van der Waals surface area contributed by atoms with E-state index in [0.717, 1.165) is 25.5 Å². The lowest BCUT2D eigenvalue weighted by Crippen LogP contribution is -2.44. The van der Waals surface area contributed by atoms with Crippen LogP contribution < -0.4 is 0 Å². The van der Waals surface area contributed by atoms with Crippen molar-refractivity contribution in [2.45, 2.75) is 32.2 Å². The molecule has 0 fully saturated rings. The average Bonchev–Trinajstić information content (AvgIpc) is 2.32. The van der Waals surface area contributed by atoms with E-state index in [4.69, 9.17) is 18.0 Å². The van der Waals surface area contributed by atoms with Crippen molar-refractivity contribution in [3.05, 3.63) is 0 Å². The Hall–Kier alpha value is 0.0569. The molecular weight excluding hydrogens is 224 g/mol. The molecule has 0 aliphatic heterocycles. The van der Waals surface area contributed by atoms with E-state index >= 15 is 0 Å². The van der Waals surface area contributed by atoms with Gasteiger partial charge in [0, 0.05) is 41.1 Å². The minimum absolute atomic E-state index is 0.559. The summed E-state index contributed by atoms with van der Waals surface area (Å²) in [6, 6.07) is 0.878. The first-order chi connectivity index (χ1) is 7.64. The molecule has 16 heavy (non-hydrogen) atoms. The normalized spacial score (nSPS) is 14.1. The Morgan fingerprint density at radius 3 is 1.94 bits per heavy atom. The van der Waals surface area contributed by atoms with Crippen LogP contribution in [0.15, 0.2) is 0 Å². The standard InChI is InChI=1S/C11H26O4Si/c1-11(8-6-7-9-12-2)10-16(13-3,14-4)15-5/h11H,6-10H2,1-5H3. The fourth-order valence-corrected chi connectivity index (χ4v) is 3.83. The van der Waals surface area contributed by atoms with Gasteiger partial charge < -0.3 is 18.0 Å². The van der Waals surface area contributed by atoms with Gasteiger partial charge in [-0.2, -0.15) is 0 Å². The summed E-state index contributed by atoms with van der Waals surface area (Å²) in [5.74, 6) is 0.559. The summed E-state index contributed by atoms with van der Waals surface area (Å²) < 4.78 is 21.2. The lowest BCUT2D eigenvalue weighted by atomic mass is 10.1. The van der Waals surface area contributed by atoms with Crippen LogP contribution in [0.4, 0.5) is 0 Å². The Morgan fingerprint density at radius 2 is 1.50 bits per heavy atom. The van der Waals surface area contributed by atoms with Crippen LogP contribution in [-0.4, -0.2) is 43.9 Å². The molecule has 0 heterocycles. The quantitative estimate of drug-likeness (QED) is 0.440. The van der Waals surface area contributed by atoms with E-state index < -0.39 is 8.80 Å². The number of methoxy groups -OCH3 is 1. The van der Waals surface area contributed by atoms with Crippen LogP contribution in [0.25, 0.3) is 0 Å². The molecule has 0 aromatic heterocycles. The van der Waals surface area contributed by atoms with Gasteiger partial charge in [-0.15, -0.1) is 0 Å². The molecule has 0 spiro atoms. The van der Waals surface area contributed by atoms with Gasteiger partial charge in [0.2, 0.25) is 0 Å². The summed E-state index contributed by atoms with van der Waals surface area (Å²) in [4.78, 5) is 0. The molecule has 5 heteroatoms. The third-order valence-corrected chi connectivity index (χ3v) is 5.89. The van der Waals surface area contributed by atoms with Crippen molar-refractivity contribution in [2.75, 3.05) is 35.0 Å². The maximum absolute atomic E-state index is 5.40. The van der Waals surface area contributed by atoms with E-state index in [0.29, 0.717) is 5.92 Å². The first kappa shape index (κ1) is 16.1. The third kappa shape index (κ3) is 5.96. The molecule has 1 atom stereocenters. The first-order valence-electron chi connectivity index (χ1n) is 5.78. The Balaban J connectivity index is 3.86. The zero-order valence-corrected chi connectivity index (χ0v) is 12.2. The minimum atomic E-state index is -2.38. The number of ether oxygens (including phenoxy) is 1. The van der Waals surface area contributed by atoms with Crippen molar-refractivity contribution < 1.29 is 18.0 Å². The predicted molar refractivity (Wildman–Crippen MR) is 66.5 cm³/mol. The molecular formula is C11H26O4Si. The van der Waals surface area contributed by atoms with Crippen LogP contribution in [0.1, 0.15) is 26.2 Å². The number of hydrogen-bond acceptors (Lipinski definition) is 4. The van der Waals surface area contributed by atoms with Crippen LogP contribution in [0.2, 0.25) is 6.04 Å². The smallest absolute Gasteiger partial charge is 0.385 e. The van der Waals surface area contributed by atoms with Crippen molar-refractivity contribution in [1.29, 1.82) is 0 Å². The van der Waals surface area contributed by atoms with Gasteiger partial charge >= 0.3 is 8.80 Å². The zero-order valence-electron chi connectivity index (χ0n) is 11.2. The van der Waals surface area contributed by atoms with Crippen molar-refractivity contribution >= 4 is 8.80 Å². The largest absolute Gasteiger partial charge is 0.500 e. The molecule has 0 aromatic rings. The van der Waals surface area contributed by atoms with Crippen LogP contribution in [0, 0.1) is 5.92 Å². The molecule has 0 saturated heterocycles. The molecule has 4 nitrogen and oxygen atoms in total. The summed E-state index contributed by atoms with van der Waals surface area (Å²) in [5.41, 5.74) is 0. The number of unbranched alkanes of at least 4 members (excludes halogenated alkanes) is 1. The van der Waals surface area contributed by atoms with Crippen LogP contribution in [0.5, 0.6) is 0 Å². The van der Waals surface area contributed by atoms with Gasteiger partial charge in [0.1, 0.15) is 0 Å². The molecule has 0 radical (unpaired) electrons. The van der Waals surface area contributed by atoms with Crippen molar-refractivity contribution in [2.24, 2.45) is 5.92 Å². The fourth-order valence-electron chi connectivity index (χ4n) is 1.77. The molecule has 0 aromatic carbocycles. The van der Waals surface area contributed by atoms with E-state index in [1.807, 2.05) is 0 Å². The lowest BCUT2D eigenvalue weighted by molar-refractivity contribution is 0.118. The highest BCUT2D eigenvalue weighted by molar-refractivity contribution is 6.60. The van der Waals surface area contributed by atoms with Crippen LogP contribution in [-0.2, 0) is 18.0 Å². The van der Waals surface area contributed by atoms with E-state index in [1.54, 1.807) is 28.4 Å². The average molecular weight is 250 g/mol. The molecule has 98 valence electrons. The molecule has 0 saturated carbocycles. The Bertz CT molecular complexity index is 154. The second-order valence-electron chi connectivity index (χ2n) is 4.09. The molecule has 0 aliphatic carbocycles. The minimum Gasteiger partial charge on any atom is -0.385 e. The maximum Gasteiger partial charge on any atom is 0.500 e. The molecule has 1 unspecified atom stereocenters. The van der Waals surface area contributed by atoms with Crippen LogP contribution in [0.3, 0.4) is 0 Å². The summed E-state index contributed by atoms with van der Waals surface area (Å²) in [6.07, 6.45) is 3.45. The maximum atomic E-state index is 5.40. The molecule has 0 bridgehead atoms. The van der Waals surface area contributed by atoms with Gasteiger partial charge in [0.05, 0.1) is 0 Å². The fraction of sp³-hybridized carbons (Fsp3) is 1.00. The Kier molecular flexibility index (Phi) is 9.16. The lowest BCUT2D eigenvalue weighted by Gasteiger charge is -2.27. The van der Waals surface area contributed by atoms with Gasteiger partial charge in [-0.1, -0.05) is 19.8 Å². The summed E-state index contributed by atoms with van der Waals surface area (Å²) in [6.45, 7) is 3.06. The van der Waals surface area contributed by atoms with Gasteiger partial charge in [-0.25, -0.2) is 0 Å². The second kappa shape index (κ2) is 9.12. The number of rotatable bonds is 10. The third-order valence-electron chi connectivity index (χ3n) is 2.83. The number of hydrogen-bond donors (Lipinski definition) is 0. The monoisotopic (exact) mass is 250 g/mol. The Labute approximate surface area is 101 Å². The van der Waals surface area contributed by atoms with Crippen molar-refractivity contribution in [1.82, 2.24) is 0 Å². The highest BCUT2D eigenvalue weighted by Crippen LogP contribution is 2.22. The van der Waals surface area contributed by atoms with Crippen molar-refractivity contribution in [3.63, 3.8) is 0 Å². The van der Waals surface area contributed by atoms with E-state index in [-0.39, 0.29) is 0 Å². The topological polar surface area (TPSA) is 36.9 Å². The van der Waals surface area contributed by atoms with E-state index in [1.165, 1.54) is 6.42 Å². The first-order valence-corrected chi connectivity index (χ1v) is 7.71. The highest BCUT2D eigenvalue weighted by Gasteiger charge is 2.39. The summed E-state index contributed by atoms with van der Waals surface area (Å²) >= 11 is 0. The zero-order chi connectivity index (χ0) is 12.4. The van der Waals surface area contributed by atoms with Gasteiger partial charge in [-0.3, -0.25) is 0 Å². The molecule has 0 amide bonds. The summed E-state index contributed by atoms with van der Waals surface area (Å²) in [5, 5.41) is 0. The summed E-state index contributed by atoms with van der Waals surface area (Å²) in [7, 11) is 4.35. The highest BCUT2D eigenvalue weighted by atomic mass is 28.4. The van der Waals surface area contributed by atoms with Gasteiger partial charge in [0.25, 0.3) is 0 Å². The van der Waals surface area contributed by atoms with Gasteiger partial charge in [0.15, 0.2) is 0 Å². The Morgan fingerprint density at radius 1 is 0.938 bits per heavy atom. The van der Waals surface area contributed by atoms with Crippen molar-refractivity contribution in [3.8, 4) is 0 Å². The van der Waals surface area contributed by atoms with Gasteiger partial charge in [-0.05, 0) is 12.3 Å². The SMILES string of the molecule is COCCCCC(C)C[Si](OC)(OC)OC. The molecule has 0 aliphatic rings.